The summed E-state index contributed by atoms with van der Waals surface area (Å²) in [6.45, 7) is 2.62. The molecule has 0 saturated carbocycles. The van der Waals surface area contributed by atoms with Gasteiger partial charge in [-0.25, -0.2) is 0 Å². The summed E-state index contributed by atoms with van der Waals surface area (Å²) in [4.78, 5) is 13.2. The van der Waals surface area contributed by atoms with Crippen molar-refractivity contribution in [2.45, 2.75) is 13.5 Å². The van der Waals surface area contributed by atoms with Crippen LogP contribution in [0.25, 0.3) is 0 Å². The molecule has 0 aliphatic heterocycles. The minimum Gasteiger partial charge on any atom is -0.347 e. The molecule has 0 spiro atoms. The average Bonchev–Trinajstić information content (AvgIpc) is 2.93. The summed E-state index contributed by atoms with van der Waals surface area (Å²) >= 11 is 7.71. The summed E-state index contributed by atoms with van der Waals surface area (Å²) in [6, 6.07) is 7.33. The summed E-state index contributed by atoms with van der Waals surface area (Å²) in [5.41, 5.74) is 7.65. The molecule has 0 saturated heterocycles. The van der Waals surface area contributed by atoms with Crippen molar-refractivity contribution in [3.63, 3.8) is 0 Å². The molecule has 1 aromatic carbocycles. The van der Waals surface area contributed by atoms with Crippen molar-refractivity contribution in [2.75, 3.05) is 6.54 Å². The summed E-state index contributed by atoms with van der Waals surface area (Å²) < 4.78 is 0. The largest absolute Gasteiger partial charge is 0.347 e. The zero-order valence-corrected chi connectivity index (χ0v) is 13.1. The smallest absolute Gasteiger partial charge is 0.253 e. The van der Waals surface area contributed by atoms with E-state index in [1.54, 1.807) is 17.4 Å². The lowest BCUT2D eigenvalue weighted by Crippen LogP contribution is -2.23. The summed E-state index contributed by atoms with van der Waals surface area (Å²) in [5.74, 6) is 5.63. The van der Waals surface area contributed by atoms with Crippen molar-refractivity contribution >= 4 is 28.8 Å². The van der Waals surface area contributed by atoms with Crippen LogP contribution in [0.5, 0.6) is 0 Å². The van der Waals surface area contributed by atoms with Gasteiger partial charge >= 0.3 is 0 Å². The summed E-state index contributed by atoms with van der Waals surface area (Å²) in [6.07, 6.45) is 0. The fraction of sp³-hybridized carbons (Fsp3) is 0.188. The number of carbonyl (C=O) groups is 1. The van der Waals surface area contributed by atoms with Crippen molar-refractivity contribution < 1.29 is 4.79 Å². The van der Waals surface area contributed by atoms with Crippen LogP contribution in [0.2, 0.25) is 5.02 Å². The Kier molecular flexibility index (Phi) is 5.40. The number of nitrogens with two attached hydrogens (primary N) is 1. The maximum atomic E-state index is 12.2. The van der Waals surface area contributed by atoms with Crippen LogP contribution >= 0.6 is 22.9 Å². The minimum atomic E-state index is -0.185. The number of carbonyl (C=O) groups excluding carboxylic acids is 1. The Labute approximate surface area is 133 Å². The van der Waals surface area contributed by atoms with Gasteiger partial charge in [-0.05, 0) is 30.0 Å². The number of rotatable bonds is 3. The zero-order chi connectivity index (χ0) is 15.2. The summed E-state index contributed by atoms with van der Waals surface area (Å²) in [7, 11) is 0. The molecule has 1 heterocycles. The van der Waals surface area contributed by atoms with E-state index >= 15 is 0 Å². The standard InChI is InChI=1S/C16H15ClN2OS/c1-11-4-2-6-13(15(11)17)16(20)19-10-14-12(5-3-8-18)7-9-21-14/h2,4,6-7,9H,8,10,18H2,1H3,(H,19,20). The Balaban J connectivity index is 2.08. The molecule has 0 fully saturated rings. The third-order valence-electron chi connectivity index (χ3n) is 2.92. The molecule has 2 aromatic rings. The van der Waals surface area contributed by atoms with Gasteiger partial charge in [0.05, 0.1) is 23.7 Å². The van der Waals surface area contributed by atoms with Gasteiger partial charge in [0.1, 0.15) is 0 Å². The summed E-state index contributed by atoms with van der Waals surface area (Å²) in [5, 5.41) is 5.31. The molecule has 5 heteroatoms. The Hall–Kier alpha value is -1.80. The zero-order valence-electron chi connectivity index (χ0n) is 11.6. The van der Waals surface area contributed by atoms with E-state index in [4.69, 9.17) is 17.3 Å². The van der Waals surface area contributed by atoms with E-state index in [2.05, 4.69) is 17.2 Å². The van der Waals surface area contributed by atoms with Crippen LogP contribution in [0.1, 0.15) is 26.4 Å². The molecular weight excluding hydrogens is 304 g/mol. The van der Waals surface area contributed by atoms with Gasteiger partial charge in [0.2, 0.25) is 0 Å². The number of thiophene rings is 1. The van der Waals surface area contributed by atoms with Gasteiger partial charge < -0.3 is 11.1 Å². The van der Waals surface area contributed by atoms with Gasteiger partial charge in [-0.15, -0.1) is 11.3 Å². The first kappa shape index (κ1) is 15.6. The van der Waals surface area contributed by atoms with E-state index in [0.29, 0.717) is 23.7 Å². The van der Waals surface area contributed by atoms with Gasteiger partial charge in [-0.3, -0.25) is 4.79 Å². The average molecular weight is 319 g/mol. The molecule has 0 radical (unpaired) electrons. The molecule has 3 N–H and O–H groups in total. The molecule has 3 nitrogen and oxygen atoms in total. The fourth-order valence-corrected chi connectivity index (χ4v) is 2.80. The lowest BCUT2D eigenvalue weighted by atomic mass is 10.1. The van der Waals surface area contributed by atoms with E-state index in [1.807, 2.05) is 30.5 Å². The normalized spacial score (nSPS) is 9.86. The van der Waals surface area contributed by atoms with Crippen molar-refractivity contribution in [3.8, 4) is 11.8 Å². The van der Waals surface area contributed by atoms with Crippen molar-refractivity contribution in [1.29, 1.82) is 0 Å². The maximum absolute atomic E-state index is 12.2. The number of hydrogen-bond donors (Lipinski definition) is 2. The number of aryl methyl sites for hydroxylation is 1. The number of benzene rings is 1. The van der Waals surface area contributed by atoms with E-state index < -0.39 is 0 Å². The molecule has 0 bridgehead atoms. The number of hydrogen-bond acceptors (Lipinski definition) is 3. The molecule has 21 heavy (non-hydrogen) atoms. The number of halogens is 1. The molecule has 0 aliphatic rings. The van der Waals surface area contributed by atoms with Crippen LogP contribution in [0, 0.1) is 18.8 Å². The monoisotopic (exact) mass is 318 g/mol. The third kappa shape index (κ3) is 3.85. The second-order valence-corrected chi connectivity index (χ2v) is 5.76. The number of nitrogens with one attached hydrogen (secondary N) is 1. The molecule has 0 unspecified atom stereocenters. The Morgan fingerprint density at radius 1 is 1.43 bits per heavy atom. The Morgan fingerprint density at radius 3 is 3.00 bits per heavy atom. The Bertz CT molecular complexity index is 713. The first-order chi connectivity index (χ1) is 10.1. The highest BCUT2D eigenvalue weighted by molar-refractivity contribution is 7.10. The first-order valence-electron chi connectivity index (χ1n) is 6.42. The quantitative estimate of drug-likeness (QED) is 0.855. The highest BCUT2D eigenvalue weighted by atomic mass is 35.5. The van der Waals surface area contributed by atoms with Crippen molar-refractivity contribution in [2.24, 2.45) is 5.73 Å². The maximum Gasteiger partial charge on any atom is 0.253 e. The third-order valence-corrected chi connectivity index (χ3v) is 4.34. The highest BCUT2D eigenvalue weighted by Crippen LogP contribution is 2.21. The van der Waals surface area contributed by atoms with Crippen LogP contribution in [0.3, 0.4) is 0 Å². The SMILES string of the molecule is Cc1cccc(C(=O)NCc2sccc2C#CCN)c1Cl. The van der Waals surface area contributed by atoms with Crippen LogP contribution in [0.4, 0.5) is 0 Å². The molecular formula is C16H15ClN2OS. The lowest BCUT2D eigenvalue weighted by molar-refractivity contribution is 0.0951. The minimum absolute atomic E-state index is 0.185. The second-order valence-electron chi connectivity index (χ2n) is 4.38. The molecule has 108 valence electrons. The van der Waals surface area contributed by atoms with E-state index in [9.17, 15) is 4.79 Å². The van der Waals surface area contributed by atoms with E-state index in [-0.39, 0.29) is 5.91 Å². The van der Waals surface area contributed by atoms with E-state index in [1.165, 1.54) is 0 Å². The van der Waals surface area contributed by atoms with Gasteiger partial charge in [0.25, 0.3) is 5.91 Å². The fourth-order valence-electron chi connectivity index (χ4n) is 1.81. The molecule has 0 atom stereocenters. The topological polar surface area (TPSA) is 55.1 Å². The molecule has 0 aliphatic carbocycles. The predicted octanol–water partition coefficient (Wildman–Crippen LogP) is 2.95. The second kappa shape index (κ2) is 7.28. The van der Waals surface area contributed by atoms with Crippen LogP contribution < -0.4 is 11.1 Å². The van der Waals surface area contributed by atoms with Gasteiger partial charge in [0, 0.05) is 10.4 Å². The number of amides is 1. The van der Waals surface area contributed by atoms with Crippen LogP contribution in [0.15, 0.2) is 29.6 Å². The molecule has 1 aromatic heterocycles. The highest BCUT2D eigenvalue weighted by Gasteiger charge is 2.12. The molecule has 1 amide bonds. The predicted molar refractivity (Wildman–Crippen MR) is 87.6 cm³/mol. The van der Waals surface area contributed by atoms with Gasteiger partial charge in [0.15, 0.2) is 0 Å². The van der Waals surface area contributed by atoms with E-state index in [0.717, 1.165) is 16.0 Å². The first-order valence-corrected chi connectivity index (χ1v) is 7.68. The Morgan fingerprint density at radius 2 is 2.24 bits per heavy atom. The van der Waals surface area contributed by atoms with Gasteiger partial charge in [-0.2, -0.15) is 0 Å². The lowest BCUT2D eigenvalue weighted by Gasteiger charge is -2.07. The van der Waals surface area contributed by atoms with Crippen LogP contribution in [-0.4, -0.2) is 12.5 Å². The van der Waals surface area contributed by atoms with Crippen LogP contribution in [-0.2, 0) is 6.54 Å². The van der Waals surface area contributed by atoms with Crippen molar-refractivity contribution in [3.05, 3.63) is 56.2 Å². The molecule has 2 rings (SSSR count). The van der Waals surface area contributed by atoms with Gasteiger partial charge in [-0.1, -0.05) is 35.6 Å². The van der Waals surface area contributed by atoms with Crippen molar-refractivity contribution in [1.82, 2.24) is 5.32 Å².